The Bertz CT molecular complexity index is 138. The van der Waals surface area contributed by atoms with E-state index in [4.69, 9.17) is 10.5 Å². The van der Waals surface area contributed by atoms with E-state index >= 15 is 0 Å². The summed E-state index contributed by atoms with van der Waals surface area (Å²) >= 11 is 1.62. The molecule has 50 valence electrons. The standard InChI is InChI=1S/C5H8N2OS/c1-9-3-2-5(4-6)7-8/h8H,2-3H2,1H3. The molecule has 0 atom stereocenters. The molecule has 0 aliphatic heterocycles. The molecule has 0 aromatic rings. The molecule has 0 spiro atoms. The van der Waals surface area contributed by atoms with Crippen LogP contribution in [0.25, 0.3) is 0 Å². The van der Waals surface area contributed by atoms with Gasteiger partial charge in [0.05, 0.1) is 0 Å². The minimum atomic E-state index is 0.198. The van der Waals surface area contributed by atoms with Crippen molar-refractivity contribution < 1.29 is 5.21 Å². The molecule has 0 aromatic carbocycles. The van der Waals surface area contributed by atoms with Gasteiger partial charge in [0, 0.05) is 6.42 Å². The molecule has 0 saturated carbocycles. The van der Waals surface area contributed by atoms with Gasteiger partial charge in [0.25, 0.3) is 0 Å². The van der Waals surface area contributed by atoms with E-state index in [9.17, 15) is 0 Å². The summed E-state index contributed by atoms with van der Waals surface area (Å²) in [5.74, 6) is 0.826. The fourth-order valence-electron chi connectivity index (χ4n) is 0.327. The topological polar surface area (TPSA) is 56.4 Å². The monoisotopic (exact) mass is 144 g/mol. The highest BCUT2D eigenvalue weighted by atomic mass is 32.2. The number of rotatable bonds is 3. The largest absolute Gasteiger partial charge is 0.410 e. The van der Waals surface area contributed by atoms with Gasteiger partial charge < -0.3 is 5.21 Å². The van der Waals surface area contributed by atoms with E-state index in [1.54, 1.807) is 17.8 Å². The number of nitriles is 1. The summed E-state index contributed by atoms with van der Waals surface area (Å²) in [5, 5.41) is 19.1. The molecule has 0 unspecified atom stereocenters. The van der Waals surface area contributed by atoms with Gasteiger partial charge in [-0.1, -0.05) is 5.16 Å². The van der Waals surface area contributed by atoms with E-state index in [1.165, 1.54) is 0 Å². The molecule has 3 nitrogen and oxygen atoms in total. The van der Waals surface area contributed by atoms with Crippen LogP contribution in [-0.4, -0.2) is 22.9 Å². The zero-order valence-corrected chi connectivity index (χ0v) is 5.98. The van der Waals surface area contributed by atoms with Crippen LogP contribution in [0.3, 0.4) is 0 Å². The van der Waals surface area contributed by atoms with E-state index < -0.39 is 0 Å². The zero-order chi connectivity index (χ0) is 7.11. The van der Waals surface area contributed by atoms with Crippen molar-refractivity contribution in [3.8, 4) is 6.07 Å². The Morgan fingerprint density at radius 1 is 1.89 bits per heavy atom. The van der Waals surface area contributed by atoms with Gasteiger partial charge in [-0.3, -0.25) is 0 Å². The lowest BCUT2D eigenvalue weighted by atomic mass is 10.3. The van der Waals surface area contributed by atoms with Gasteiger partial charge in [-0.15, -0.1) is 0 Å². The molecule has 1 N–H and O–H groups in total. The average molecular weight is 144 g/mol. The van der Waals surface area contributed by atoms with Crippen LogP contribution in [0.5, 0.6) is 0 Å². The predicted molar refractivity (Wildman–Crippen MR) is 37.8 cm³/mol. The minimum absolute atomic E-state index is 0.198. The third kappa shape index (κ3) is 3.86. The molecular weight excluding hydrogens is 136 g/mol. The highest BCUT2D eigenvalue weighted by molar-refractivity contribution is 7.98. The molecule has 9 heavy (non-hydrogen) atoms. The normalized spacial score (nSPS) is 10.9. The van der Waals surface area contributed by atoms with Crippen LogP contribution in [0.2, 0.25) is 0 Å². The summed E-state index contributed by atoms with van der Waals surface area (Å²) in [5.41, 5.74) is 0.198. The Hall–Kier alpha value is -0.690. The number of thioether (sulfide) groups is 1. The fourth-order valence-corrected chi connectivity index (χ4v) is 0.724. The first-order valence-electron chi connectivity index (χ1n) is 2.45. The molecule has 0 aromatic heterocycles. The van der Waals surface area contributed by atoms with E-state index in [-0.39, 0.29) is 5.71 Å². The highest BCUT2D eigenvalue weighted by Gasteiger charge is 1.94. The lowest BCUT2D eigenvalue weighted by Crippen LogP contribution is -1.94. The van der Waals surface area contributed by atoms with Gasteiger partial charge >= 0.3 is 0 Å². The molecule has 0 aliphatic rings. The molecule has 0 fully saturated rings. The summed E-state index contributed by atoms with van der Waals surface area (Å²) in [4.78, 5) is 0. The highest BCUT2D eigenvalue weighted by Crippen LogP contribution is 1.96. The second-order valence-electron chi connectivity index (χ2n) is 1.40. The van der Waals surface area contributed by atoms with Gasteiger partial charge in [-0.25, -0.2) is 0 Å². The summed E-state index contributed by atoms with van der Waals surface area (Å²) in [6.07, 6.45) is 2.49. The maximum Gasteiger partial charge on any atom is 0.157 e. The molecule has 0 rings (SSSR count). The van der Waals surface area contributed by atoms with Crippen molar-refractivity contribution in [1.82, 2.24) is 0 Å². The Kier molecular flexibility index (Phi) is 5.03. The van der Waals surface area contributed by atoms with Gasteiger partial charge in [0.2, 0.25) is 0 Å². The van der Waals surface area contributed by atoms with E-state index in [2.05, 4.69) is 5.16 Å². The van der Waals surface area contributed by atoms with Crippen LogP contribution < -0.4 is 0 Å². The van der Waals surface area contributed by atoms with Gasteiger partial charge in [0.15, 0.2) is 5.71 Å². The van der Waals surface area contributed by atoms with E-state index in [0.29, 0.717) is 6.42 Å². The summed E-state index contributed by atoms with van der Waals surface area (Å²) in [7, 11) is 0. The Morgan fingerprint density at radius 2 is 2.56 bits per heavy atom. The first-order chi connectivity index (χ1) is 4.35. The number of hydrogen-bond acceptors (Lipinski definition) is 4. The molecule has 0 saturated heterocycles. The maximum atomic E-state index is 8.20. The van der Waals surface area contributed by atoms with Crippen LogP contribution in [0.15, 0.2) is 5.16 Å². The van der Waals surface area contributed by atoms with Crippen molar-refractivity contribution in [3.05, 3.63) is 0 Å². The molecule has 0 amide bonds. The third-order valence-electron chi connectivity index (χ3n) is 0.793. The first kappa shape index (κ1) is 8.31. The zero-order valence-electron chi connectivity index (χ0n) is 5.16. The smallest absolute Gasteiger partial charge is 0.157 e. The Balaban J connectivity index is 3.49. The lowest BCUT2D eigenvalue weighted by molar-refractivity contribution is 0.319. The summed E-state index contributed by atoms with van der Waals surface area (Å²) in [6.45, 7) is 0. The van der Waals surface area contributed by atoms with Crippen LogP contribution in [0.4, 0.5) is 0 Å². The molecular formula is C5H8N2OS. The molecule has 0 heterocycles. The van der Waals surface area contributed by atoms with E-state index in [1.807, 2.05) is 6.26 Å². The van der Waals surface area contributed by atoms with Crippen molar-refractivity contribution >= 4 is 17.5 Å². The number of oxime groups is 1. The van der Waals surface area contributed by atoms with Crippen LogP contribution >= 0.6 is 11.8 Å². The quantitative estimate of drug-likeness (QED) is 0.366. The summed E-state index contributed by atoms with van der Waals surface area (Å²) in [6, 6.07) is 1.77. The molecule has 0 bridgehead atoms. The Labute approximate surface area is 58.4 Å². The first-order valence-corrected chi connectivity index (χ1v) is 3.84. The lowest BCUT2D eigenvalue weighted by Gasteiger charge is -1.89. The van der Waals surface area contributed by atoms with Gasteiger partial charge in [0.1, 0.15) is 6.07 Å². The fraction of sp³-hybridized carbons (Fsp3) is 0.600. The van der Waals surface area contributed by atoms with Gasteiger partial charge in [-0.2, -0.15) is 17.0 Å². The van der Waals surface area contributed by atoms with Crippen molar-refractivity contribution in [2.24, 2.45) is 5.16 Å². The second-order valence-corrected chi connectivity index (χ2v) is 2.39. The minimum Gasteiger partial charge on any atom is -0.410 e. The molecule has 0 radical (unpaired) electrons. The maximum absolute atomic E-state index is 8.20. The predicted octanol–water partition coefficient (Wildman–Crippen LogP) is 1.09. The van der Waals surface area contributed by atoms with E-state index in [0.717, 1.165) is 5.75 Å². The molecule has 4 heteroatoms. The van der Waals surface area contributed by atoms with Crippen LogP contribution in [0, 0.1) is 11.3 Å². The SMILES string of the molecule is CSCCC(C#N)=NO. The number of hydrogen-bond donors (Lipinski definition) is 1. The number of nitrogens with zero attached hydrogens (tertiary/aromatic N) is 2. The van der Waals surface area contributed by atoms with Crippen molar-refractivity contribution in [2.75, 3.05) is 12.0 Å². The molecule has 0 aliphatic carbocycles. The van der Waals surface area contributed by atoms with Crippen molar-refractivity contribution in [3.63, 3.8) is 0 Å². The van der Waals surface area contributed by atoms with Gasteiger partial charge in [-0.05, 0) is 12.0 Å². The second kappa shape index (κ2) is 5.45. The van der Waals surface area contributed by atoms with Crippen LogP contribution in [0.1, 0.15) is 6.42 Å². The van der Waals surface area contributed by atoms with Crippen LogP contribution in [-0.2, 0) is 0 Å². The van der Waals surface area contributed by atoms with Crippen molar-refractivity contribution in [1.29, 1.82) is 5.26 Å². The van der Waals surface area contributed by atoms with Crippen molar-refractivity contribution in [2.45, 2.75) is 6.42 Å². The third-order valence-corrected chi connectivity index (χ3v) is 1.41. The summed E-state index contributed by atoms with van der Waals surface area (Å²) < 4.78 is 0. The Morgan fingerprint density at radius 3 is 2.89 bits per heavy atom. The average Bonchev–Trinajstić information content (AvgIpc) is 1.91.